The molecule has 1 aromatic heterocycles. The number of rotatable bonds is 6. The second-order valence-electron chi connectivity index (χ2n) is 8.45. The Morgan fingerprint density at radius 3 is 2.82 bits per heavy atom. The van der Waals surface area contributed by atoms with Gasteiger partial charge in [0.1, 0.15) is 29.6 Å². The highest BCUT2D eigenvalue weighted by molar-refractivity contribution is 6.02. The first kappa shape index (κ1) is 21.9. The highest BCUT2D eigenvalue weighted by Gasteiger charge is 2.25. The number of halogens is 1. The summed E-state index contributed by atoms with van der Waals surface area (Å²) in [6.07, 6.45) is 1.34. The van der Waals surface area contributed by atoms with Gasteiger partial charge in [-0.1, -0.05) is 17.3 Å². The van der Waals surface area contributed by atoms with E-state index in [1.165, 1.54) is 0 Å². The van der Waals surface area contributed by atoms with Crippen LogP contribution in [0, 0.1) is 19.7 Å². The molecule has 2 aliphatic heterocycles. The van der Waals surface area contributed by atoms with Crippen molar-refractivity contribution in [3.05, 3.63) is 70.2 Å². The molecular weight excluding hydrogens is 439 g/mol. The molecule has 0 saturated heterocycles. The van der Waals surface area contributed by atoms with Crippen LogP contribution in [-0.2, 0) is 22.5 Å². The van der Waals surface area contributed by atoms with E-state index in [1.54, 1.807) is 37.3 Å². The molecular formula is C26H23FN2O5. The molecule has 0 fully saturated rings. The van der Waals surface area contributed by atoms with Crippen molar-refractivity contribution in [3.8, 4) is 28.5 Å². The lowest BCUT2D eigenvalue weighted by molar-refractivity contribution is -0.140. The van der Waals surface area contributed by atoms with E-state index in [9.17, 15) is 14.3 Å². The minimum atomic E-state index is -0.395. The van der Waals surface area contributed by atoms with Gasteiger partial charge in [0.25, 0.3) is 0 Å². The Bertz CT molecular complexity index is 1340. The molecule has 3 aromatic rings. The van der Waals surface area contributed by atoms with Crippen LogP contribution < -0.4 is 9.47 Å². The van der Waals surface area contributed by atoms with Gasteiger partial charge in [-0.15, -0.1) is 0 Å². The fraction of sp³-hybridized carbons (Fsp3) is 0.269. The number of benzene rings is 2. The van der Waals surface area contributed by atoms with Gasteiger partial charge >= 0.3 is 5.97 Å². The first-order valence-corrected chi connectivity index (χ1v) is 11.0. The van der Waals surface area contributed by atoms with Gasteiger partial charge in [0.2, 0.25) is 0 Å². The molecule has 0 atom stereocenters. The number of hydrogen-bond donors (Lipinski definition) is 1. The molecule has 0 unspecified atom stereocenters. The lowest BCUT2D eigenvalue weighted by atomic mass is 9.95. The molecule has 0 amide bonds. The summed E-state index contributed by atoms with van der Waals surface area (Å²) in [5.74, 6) is 0.415. The van der Waals surface area contributed by atoms with Crippen LogP contribution in [0.15, 0.2) is 41.6 Å². The smallest absolute Gasteiger partial charge is 0.340 e. The van der Waals surface area contributed by atoms with Crippen LogP contribution in [0.1, 0.15) is 34.4 Å². The highest BCUT2D eigenvalue weighted by atomic mass is 19.1. The Labute approximate surface area is 195 Å². The zero-order chi connectivity index (χ0) is 23.8. The molecule has 7 nitrogen and oxygen atoms in total. The summed E-state index contributed by atoms with van der Waals surface area (Å²) in [4.78, 5) is 20.4. The average Bonchev–Trinajstić information content (AvgIpc) is 3.47. The van der Waals surface area contributed by atoms with Crippen molar-refractivity contribution in [1.82, 2.24) is 4.98 Å². The van der Waals surface area contributed by atoms with Gasteiger partial charge in [0.05, 0.1) is 13.0 Å². The number of hydrogen-bond acceptors (Lipinski definition) is 7. The monoisotopic (exact) mass is 462 g/mol. The summed E-state index contributed by atoms with van der Waals surface area (Å²) >= 11 is 0. The molecule has 3 heterocycles. The van der Waals surface area contributed by atoms with Crippen LogP contribution in [0.2, 0.25) is 0 Å². The second kappa shape index (κ2) is 8.78. The number of aryl methyl sites for hydroxylation is 2. The summed E-state index contributed by atoms with van der Waals surface area (Å²) in [5.41, 5.74) is 5.31. The summed E-state index contributed by atoms with van der Waals surface area (Å²) in [6.45, 7) is 4.35. The van der Waals surface area contributed by atoms with Crippen molar-refractivity contribution in [2.45, 2.75) is 33.1 Å². The quantitative estimate of drug-likeness (QED) is 0.546. The molecule has 0 spiro atoms. The first-order valence-electron chi connectivity index (χ1n) is 11.0. The number of nitrogens with zero attached hydrogens (tertiary/aromatic N) is 2. The van der Waals surface area contributed by atoms with E-state index in [2.05, 4.69) is 15.0 Å². The number of fused-ring (bicyclic) bond motifs is 1. The van der Waals surface area contributed by atoms with Gasteiger partial charge in [-0.05, 0) is 54.8 Å². The minimum Gasteiger partial charge on any atom is -0.506 e. The van der Waals surface area contributed by atoms with Crippen molar-refractivity contribution in [2.24, 2.45) is 5.16 Å². The number of carbonyl (C=O) groups excluding carboxylic acids is 1. The minimum absolute atomic E-state index is 0.0698. The summed E-state index contributed by atoms with van der Waals surface area (Å²) in [7, 11) is 0. The van der Waals surface area contributed by atoms with Crippen molar-refractivity contribution in [1.29, 1.82) is 0 Å². The van der Waals surface area contributed by atoms with E-state index in [1.807, 2.05) is 13.0 Å². The maximum absolute atomic E-state index is 14.7. The van der Waals surface area contributed by atoms with Gasteiger partial charge in [0.15, 0.2) is 11.5 Å². The zero-order valence-corrected chi connectivity index (χ0v) is 18.9. The molecule has 0 saturated carbocycles. The Morgan fingerprint density at radius 2 is 2.03 bits per heavy atom. The fourth-order valence-corrected chi connectivity index (χ4v) is 4.29. The molecule has 2 aromatic carbocycles. The molecule has 2 aliphatic rings. The van der Waals surface area contributed by atoms with Gasteiger partial charge in [-0.25, -0.2) is 14.2 Å². The van der Waals surface area contributed by atoms with Crippen molar-refractivity contribution in [3.63, 3.8) is 0 Å². The van der Waals surface area contributed by atoms with Gasteiger partial charge in [0, 0.05) is 29.7 Å². The Morgan fingerprint density at radius 1 is 1.18 bits per heavy atom. The standard InChI is InChI=1S/C26H23FN2O5/c1-14-4-3-5-19(24(14)27)25-21(30)7-6-16(28-25)11-20-15(2)10-22(26-18(20)8-9-32-26)33-13-17-12-23(31)34-29-17/h3-7,10,30H,8-9,11-13H2,1-2H3. The maximum atomic E-state index is 14.7. The normalized spacial score (nSPS) is 14.4. The number of pyridine rings is 1. The van der Waals surface area contributed by atoms with E-state index in [-0.39, 0.29) is 30.0 Å². The topological polar surface area (TPSA) is 90.2 Å². The van der Waals surface area contributed by atoms with Crippen LogP contribution in [-0.4, -0.2) is 35.0 Å². The van der Waals surface area contributed by atoms with Gasteiger partial charge in [-0.2, -0.15) is 0 Å². The molecule has 0 aliphatic carbocycles. The van der Waals surface area contributed by atoms with Gasteiger partial charge < -0.3 is 19.4 Å². The van der Waals surface area contributed by atoms with Gasteiger partial charge in [-0.3, -0.25) is 0 Å². The number of aromatic hydroxyl groups is 1. The zero-order valence-electron chi connectivity index (χ0n) is 18.9. The van der Waals surface area contributed by atoms with Crippen LogP contribution >= 0.6 is 0 Å². The molecule has 34 heavy (non-hydrogen) atoms. The average molecular weight is 462 g/mol. The Kier molecular flexibility index (Phi) is 5.65. The Hall–Kier alpha value is -3.94. The molecule has 8 heteroatoms. The van der Waals surface area contributed by atoms with Crippen LogP contribution in [0.3, 0.4) is 0 Å². The first-order chi connectivity index (χ1) is 16.4. The van der Waals surface area contributed by atoms with E-state index < -0.39 is 11.8 Å². The summed E-state index contributed by atoms with van der Waals surface area (Å²) < 4.78 is 26.5. The summed E-state index contributed by atoms with van der Waals surface area (Å²) in [6, 6.07) is 10.2. The molecule has 0 bridgehead atoms. The second-order valence-corrected chi connectivity index (χ2v) is 8.45. The molecule has 0 radical (unpaired) electrons. The van der Waals surface area contributed by atoms with Crippen molar-refractivity contribution in [2.75, 3.05) is 13.2 Å². The lowest BCUT2D eigenvalue weighted by Gasteiger charge is -2.16. The third-order valence-corrected chi connectivity index (χ3v) is 6.04. The fourth-order valence-electron chi connectivity index (χ4n) is 4.29. The molecule has 1 N–H and O–H groups in total. The predicted molar refractivity (Wildman–Crippen MR) is 123 cm³/mol. The van der Waals surface area contributed by atoms with Crippen LogP contribution in [0.4, 0.5) is 4.39 Å². The summed E-state index contributed by atoms with van der Waals surface area (Å²) in [5, 5.41) is 14.1. The largest absolute Gasteiger partial charge is 0.506 e. The highest BCUT2D eigenvalue weighted by Crippen LogP contribution is 2.41. The van der Waals surface area contributed by atoms with Crippen LogP contribution in [0.5, 0.6) is 17.2 Å². The number of aromatic nitrogens is 1. The molecule has 174 valence electrons. The van der Waals surface area contributed by atoms with Crippen molar-refractivity contribution < 1.29 is 28.6 Å². The van der Waals surface area contributed by atoms with Crippen molar-refractivity contribution >= 4 is 11.7 Å². The number of ether oxygens (including phenoxy) is 2. The van der Waals surface area contributed by atoms with E-state index in [0.717, 1.165) is 23.1 Å². The number of oxime groups is 1. The van der Waals surface area contributed by atoms with Crippen LogP contribution in [0.25, 0.3) is 11.3 Å². The SMILES string of the molecule is Cc1cccc(-c2nc(Cc3c(C)cc(OCC4=NOC(=O)C4)c4c3CCO4)ccc2O)c1F. The predicted octanol–water partition coefficient (Wildman–Crippen LogP) is 4.42. The lowest BCUT2D eigenvalue weighted by Crippen LogP contribution is -2.11. The third-order valence-electron chi connectivity index (χ3n) is 6.04. The third kappa shape index (κ3) is 4.07. The number of carbonyl (C=O) groups is 1. The van der Waals surface area contributed by atoms with E-state index >= 15 is 0 Å². The maximum Gasteiger partial charge on any atom is 0.340 e. The Balaban J connectivity index is 1.45. The van der Waals surface area contributed by atoms with E-state index in [0.29, 0.717) is 41.5 Å². The molecule has 5 rings (SSSR count). The van der Waals surface area contributed by atoms with E-state index in [4.69, 9.17) is 9.47 Å².